The Morgan fingerprint density at radius 2 is 2.12 bits per heavy atom. The fourth-order valence-electron chi connectivity index (χ4n) is 3.70. The highest BCUT2D eigenvalue weighted by Crippen LogP contribution is 2.37. The first-order chi connectivity index (χ1) is 15.3. The van der Waals surface area contributed by atoms with Crippen LogP contribution in [0, 0.1) is 0 Å². The van der Waals surface area contributed by atoms with Crippen molar-refractivity contribution in [3.8, 4) is 0 Å². The predicted molar refractivity (Wildman–Crippen MR) is 126 cm³/mol. The second kappa shape index (κ2) is 9.14. The van der Waals surface area contributed by atoms with Crippen LogP contribution in [0.25, 0.3) is 10.1 Å². The molecule has 1 aliphatic rings. The molecule has 1 aromatic carbocycles. The zero-order valence-corrected chi connectivity index (χ0v) is 19.8. The van der Waals surface area contributed by atoms with E-state index in [1.807, 2.05) is 18.2 Å². The number of aromatic nitrogens is 1. The molecular weight excluding hydrogens is 470 g/mol. The van der Waals surface area contributed by atoms with Gasteiger partial charge in [-0.3, -0.25) is 14.4 Å². The average Bonchev–Trinajstić information content (AvgIpc) is 3.50. The molecule has 3 amide bonds. The summed E-state index contributed by atoms with van der Waals surface area (Å²) in [5, 5.41) is 8.83. The lowest BCUT2D eigenvalue weighted by Crippen LogP contribution is -2.43. The van der Waals surface area contributed by atoms with Gasteiger partial charge in [0.25, 0.3) is 11.8 Å². The number of likely N-dealkylation sites (tertiary alicyclic amines) is 1. The summed E-state index contributed by atoms with van der Waals surface area (Å²) >= 11 is 8.96. The van der Waals surface area contributed by atoms with Gasteiger partial charge in [-0.05, 0) is 31.5 Å². The van der Waals surface area contributed by atoms with Gasteiger partial charge in [0.2, 0.25) is 5.91 Å². The molecule has 3 atom stereocenters. The zero-order chi connectivity index (χ0) is 23.0. The number of benzene rings is 1. The third-order valence-electron chi connectivity index (χ3n) is 5.34. The van der Waals surface area contributed by atoms with Crippen molar-refractivity contribution in [1.29, 1.82) is 0 Å². The molecule has 1 saturated heterocycles. The Labute approximate surface area is 197 Å². The van der Waals surface area contributed by atoms with Crippen molar-refractivity contribution in [1.82, 2.24) is 20.5 Å². The Hall–Kier alpha value is -2.53. The first-order valence-corrected chi connectivity index (χ1v) is 12.1. The van der Waals surface area contributed by atoms with E-state index in [1.54, 1.807) is 23.3 Å². The number of fused-ring (bicyclic) bond motifs is 1. The number of hydrogen-bond acceptors (Lipinski definition) is 7. The van der Waals surface area contributed by atoms with Gasteiger partial charge in [0.15, 0.2) is 0 Å². The van der Waals surface area contributed by atoms with E-state index < -0.39 is 11.9 Å². The molecule has 3 aromatic rings. The number of nitrogens with two attached hydrogens (primary N) is 1. The van der Waals surface area contributed by atoms with Gasteiger partial charge in [0.1, 0.15) is 16.7 Å². The molecule has 4 N–H and O–H groups in total. The summed E-state index contributed by atoms with van der Waals surface area (Å²) in [6, 6.07) is 6.21. The van der Waals surface area contributed by atoms with Gasteiger partial charge in [-0.1, -0.05) is 17.7 Å². The van der Waals surface area contributed by atoms with Gasteiger partial charge >= 0.3 is 0 Å². The van der Waals surface area contributed by atoms with Gasteiger partial charge in [-0.25, -0.2) is 4.98 Å². The highest BCUT2D eigenvalue weighted by atomic mass is 35.5. The van der Waals surface area contributed by atoms with Crippen molar-refractivity contribution in [3.05, 3.63) is 50.2 Å². The summed E-state index contributed by atoms with van der Waals surface area (Å²) < 4.78 is 0.944. The van der Waals surface area contributed by atoms with Crippen LogP contribution in [0.5, 0.6) is 0 Å². The van der Waals surface area contributed by atoms with Gasteiger partial charge in [0.05, 0.1) is 10.9 Å². The number of carbonyl (C=O) groups is 3. The monoisotopic (exact) mass is 491 g/mol. The van der Waals surface area contributed by atoms with E-state index in [1.165, 1.54) is 29.7 Å². The van der Waals surface area contributed by atoms with E-state index in [-0.39, 0.29) is 29.6 Å². The average molecular weight is 492 g/mol. The molecule has 3 heterocycles. The van der Waals surface area contributed by atoms with Crippen LogP contribution < -0.4 is 16.4 Å². The molecule has 1 fully saturated rings. The molecule has 32 heavy (non-hydrogen) atoms. The molecular formula is C21H22ClN5O3S2. The Bertz CT molecular complexity index is 1190. The van der Waals surface area contributed by atoms with E-state index in [0.29, 0.717) is 27.9 Å². The molecule has 0 spiro atoms. The number of amides is 3. The number of hydrogen-bond donors (Lipinski definition) is 3. The van der Waals surface area contributed by atoms with Crippen molar-refractivity contribution in [2.24, 2.45) is 5.73 Å². The number of nitrogens with one attached hydrogen (secondary N) is 2. The van der Waals surface area contributed by atoms with Crippen molar-refractivity contribution in [3.63, 3.8) is 0 Å². The normalized spacial score (nSPS) is 19.2. The minimum absolute atomic E-state index is 0.130. The second-order valence-electron chi connectivity index (χ2n) is 7.61. The van der Waals surface area contributed by atoms with Gasteiger partial charge < -0.3 is 21.3 Å². The lowest BCUT2D eigenvalue weighted by molar-refractivity contribution is -0.122. The van der Waals surface area contributed by atoms with Crippen LogP contribution >= 0.6 is 34.3 Å². The Balaban J connectivity index is 1.55. The van der Waals surface area contributed by atoms with E-state index in [0.717, 1.165) is 10.1 Å². The van der Waals surface area contributed by atoms with Crippen LogP contribution in [0.1, 0.15) is 44.6 Å². The number of thiazole rings is 1. The highest BCUT2D eigenvalue weighted by molar-refractivity contribution is 7.20. The molecule has 0 bridgehead atoms. The van der Waals surface area contributed by atoms with Crippen LogP contribution in [-0.2, 0) is 4.79 Å². The maximum absolute atomic E-state index is 13.3. The lowest BCUT2D eigenvalue weighted by atomic mass is 10.2. The molecule has 11 heteroatoms. The van der Waals surface area contributed by atoms with Crippen LogP contribution in [0.3, 0.4) is 0 Å². The predicted octanol–water partition coefficient (Wildman–Crippen LogP) is 2.79. The van der Waals surface area contributed by atoms with Crippen LogP contribution in [0.4, 0.5) is 0 Å². The second-order valence-corrected chi connectivity index (χ2v) is 9.99. The summed E-state index contributed by atoms with van der Waals surface area (Å²) in [7, 11) is 1.51. The Morgan fingerprint density at radius 1 is 1.34 bits per heavy atom. The minimum Gasteiger partial charge on any atom is -0.357 e. The maximum Gasteiger partial charge on any atom is 0.271 e. The lowest BCUT2D eigenvalue weighted by Gasteiger charge is -2.22. The van der Waals surface area contributed by atoms with Crippen LogP contribution in [0.15, 0.2) is 29.6 Å². The minimum atomic E-state index is -0.685. The third kappa shape index (κ3) is 4.36. The van der Waals surface area contributed by atoms with Crippen molar-refractivity contribution >= 4 is 62.1 Å². The first-order valence-electron chi connectivity index (χ1n) is 10.0. The number of carbonyl (C=O) groups excluding carboxylic acids is 3. The molecule has 8 nitrogen and oxygen atoms in total. The van der Waals surface area contributed by atoms with Crippen LogP contribution in [0.2, 0.25) is 5.02 Å². The standard InChI is InChI=1S/C21H22ClN5O3S2/c1-10(18(28)24-2)25-19(29)14-9-31-20(26-14)15-6-11(23)8-27(15)21(30)17-7-12-13(22)4-3-5-16(12)32-17/h3-5,7,9-11,15H,6,8,23H2,1-2H3,(H,24,28)(H,25,29)/t10-,11+,15-/m0/s1. The summed E-state index contributed by atoms with van der Waals surface area (Å²) in [6.45, 7) is 2.00. The van der Waals surface area contributed by atoms with E-state index in [4.69, 9.17) is 17.3 Å². The summed E-state index contributed by atoms with van der Waals surface area (Å²) in [5.41, 5.74) is 6.40. The number of thiophene rings is 1. The summed E-state index contributed by atoms with van der Waals surface area (Å²) in [6.07, 6.45) is 0.556. The zero-order valence-electron chi connectivity index (χ0n) is 17.4. The van der Waals surface area contributed by atoms with E-state index in [2.05, 4.69) is 15.6 Å². The fourth-order valence-corrected chi connectivity index (χ4v) is 5.95. The molecule has 168 valence electrons. The van der Waals surface area contributed by atoms with Gasteiger partial charge in [-0.2, -0.15) is 0 Å². The fraction of sp³-hybridized carbons (Fsp3) is 0.333. The molecule has 4 rings (SSSR count). The number of rotatable bonds is 5. The van der Waals surface area contributed by atoms with Crippen LogP contribution in [-0.4, -0.2) is 53.3 Å². The summed E-state index contributed by atoms with van der Waals surface area (Å²) in [5.74, 6) is -0.867. The van der Waals surface area contributed by atoms with Crippen molar-refractivity contribution in [2.45, 2.75) is 31.5 Å². The van der Waals surface area contributed by atoms with E-state index in [9.17, 15) is 14.4 Å². The molecule has 0 radical (unpaired) electrons. The molecule has 1 aliphatic heterocycles. The van der Waals surface area contributed by atoms with Crippen molar-refractivity contribution in [2.75, 3.05) is 13.6 Å². The maximum atomic E-state index is 13.3. The third-order valence-corrected chi connectivity index (χ3v) is 7.70. The number of nitrogens with zero attached hydrogens (tertiary/aromatic N) is 2. The smallest absolute Gasteiger partial charge is 0.271 e. The van der Waals surface area contributed by atoms with Gasteiger partial charge in [0, 0.05) is 40.1 Å². The highest BCUT2D eigenvalue weighted by Gasteiger charge is 2.37. The molecule has 0 saturated carbocycles. The number of halogens is 1. The Morgan fingerprint density at radius 3 is 2.84 bits per heavy atom. The first kappa shape index (κ1) is 22.7. The van der Waals surface area contributed by atoms with E-state index >= 15 is 0 Å². The Kier molecular flexibility index (Phi) is 6.47. The summed E-state index contributed by atoms with van der Waals surface area (Å²) in [4.78, 5) is 44.2. The molecule has 0 aliphatic carbocycles. The largest absolute Gasteiger partial charge is 0.357 e. The van der Waals surface area contributed by atoms with Gasteiger partial charge in [-0.15, -0.1) is 22.7 Å². The quantitative estimate of drug-likeness (QED) is 0.507. The molecule has 2 aromatic heterocycles. The topological polar surface area (TPSA) is 117 Å². The SMILES string of the molecule is CNC(=O)[C@H](C)NC(=O)c1csc([C@@H]2C[C@@H](N)CN2C(=O)c2cc3c(Cl)cccc3s2)n1. The number of likely N-dealkylation sites (N-methyl/N-ethyl adjacent to an activating group) is 1. The molecule has 0 unspecified atom stereocenters. The van der Waals surface area contributed by atoms with Crippen molar-refractivity contribution < 1.29 is 14.4 Å².